The van der Waals surface area contributed by atoms with Gasteiger partial charge in [-0.15, -0.1) is 0 Å². The topological polar surface area (TPSA) is 52.6 Å². The third-order valence-corrected chi connectivity index (χ3v) is 3.58. The molecular weight excluding hydrogens is 216 g/mol. The number of carboxylic acid groups (broad SMARTS) is 1. The maximum absolute atomic E-state index is 11.5. The molecule has 0 amide bonds. The number of aliphatic carboxylic acids is 1. The van der Waals surface area contributed by atoms with Crippen LogP contribution >= 0.6 is 0 Å². The summed E-state index contributed by atoms with van der Waals surface area (Å²) in [5, 5.41) is 12.9. The van der Waals surface area contributed by atoms with Gasteiger partial charge in [0, 0.05) is 24.2 Å². The van der Waals surface area contributed by atoms with E-state index in [2.05, 4.69) is 37.9 Å². The molecule has 0 spiro atoms. The summed E-state index contributed by atoms with van der Waals surface area (Å²) in [6.07, 6.45) is 1.61. The van der Waals surface area contributed by atoms with Gasteiger partial charge in [-0.05, 0) is 34.1 Å². The number of piperazine rings is 1. The Morgan fingerprint density at radius 2 is 1.76 bits per heavy atom. The second-order valence-corrected chi connectivity index (χ2v) is 6.24. The minimum Gasteiger partial charge on any atom is -0.480 e. The standard InChI is InChI=1S/C13H26N2O2/c1-6-7-10(11(16)17)15-12(2,3)8-14-9-13(15,4)5/h10,14H,6-9H2,1-5H3,(H,16,17). The Balaban J connectivity index is 3.05. The predicted molar refractivity (Wildman–Crippen MR) is 69.2 cm³/mol. The van der Waals surface area contributed by atoms with Gasteiger partial charge in [0.15, 0.2) is 0 Å². The average molecular weight is 242 g/mol. The third kappa shape index (κ3) is 2.99. The SMILES string of the molecule is CCCC(C(=O)O)N1C(C)(C)CNCC1(C)C. The van der Waals surface area contributed by atoms with Gasteiger partial charge in [-0.2, -0.15) is 0 Å². The molecule has 0 aromatic carbocycles. The summed E-state index contributed by atoms with van der Waals surface area (Å²) < 4.78 is 0. The Morgan fingerprint density at radius 1 is 1.29 bits per heavy atom. The van der Waals surface area contributed by atoms with Crippen LogP contribution in [-0.4, -0.2) is 46.2 Å². The summed E-state index contributed by atoms with van der Waals surface area (Å²) in [4.78, 5) is 13.7. The molecule has 0 bridgehead atoms. The molecule has 4 nitrogen and oxygen atoms in total. The third-order valence-electron chi connectivity index (χ3n) is 3.58. The first kappa shape index (κ1) is 14.5. The van der Waals surface area contributed by atoms with E-state index in [0.29, 0.717) is 6.42 Å². The number of hydrogen-bond donors (Lipinski definition) is 2. The van der Waals surface area contributed by atoms with Crippen LogP contribution in [0.25, 0.3) is 0 Å². The number of rotatable bonds is 4. The van der Waals surface area contributed by atoms with Crippen LogP contribution < -0.4 is 5.32 Å². The molecule has 4 heteroatoms. The van der Waals surface area contributed by atoms with Crippen molar-refractivity contribution in [2.75, 3.05) is 13.1 Å². The Labute approximate surface area is 104 Å². The molecule has 0 aromatic heterocycles. The van der Waals surface area contributed by atoms with E-state index in [0.717, 1.165) is 19.5 Å². The van der Waals surface area contributed by atoms with E-state index in [1.54, 1.807) is 0 Å². The van der Waals surface area contributed by atoms with Gasteiger partial charge in [0.1, 0.15) is 6.04 Å². The lowest BCUT2D eigenvalue weighted by Crippen LogP contribution is -2.71. The highest BCUT2D eigenvalue weighted by molar-refractivity contribution is 5.73. The molecule has 1 rings (SSSR count). The monoisotopic (exact) mass is 242 g/mol. The Hall–Kier alpha value is -0.610. The highest BCUT2D eigenvalue weighted by Gasteiger charge is 2.46. The van der Waals surface area contributed by atoms with Crippen LogP contribution in [0, 0.1) is 0 Å². The van der Waals surface area contributed by atoms with Crippen molar-refractivity contribution in [1.29, 1.82) is 0 Å². The van der Waals surface area contributed by atoms with Gasteiger partial charge in [0.25, 0.3) is 0 Å². The molecule has 1 aliphatic heterocycles. The van der Waals surface area contributed by atoms with Crippen molar-refractivity contribution in [1.82, 2.24) is 10.2 Å². The number of nitrogens with zero attached hydrogens (tertiary/aromatic N) is 1. The van der Waals surface area contributed by atoms with Crippen LogP contribution in [0.3, 0.4) is 0 Å². The van der Waals surface area contributed by atoms with Gasteiger partial charge in [0.05, 0.1) is 0 Å². The lowest BCUT2D eigenvalue weighted by Gasteiger charge is -2.55. The summed E-state index contributed by atoms with van der Waals surface area (Å²) in [7, 11) is 0. The van der Waals surface area contributed by atoms with Crippen molar-refractivity contribution >= 4 is 5.97 Å². The molecule has 1 unspecified atom stereocenters. The lowest BCUT2D eigenvalue weighted by molar-refractivity contribution is -0.153. The molecule has 100 valence electrons. The average Bonchev–Trinajstić information content (AvgIpc) is 2.13. The van der Waals surface area contributed by atoms with E-state index >= 15 is 0 Å². The fourth-order valence-electron chi connectivity index (χ4n) is 3.14. The van der Waals surface area contributed by atoms with E-state index in [-0.39, 0.29) is 17.1 Å². The second kappa shape index (κ2) is 4.94. The normalized spacial score (nSPS) is 25.5. The molecule has 0 aliphatic carbocycles. The van der Waals surface area contributed by atoms with Crippen LogP contribution in [-0.2, 0) is 4.79 Å². The Morgan fingerprint density at radius 3 is 2.12 bits per heavy atom. The van der Waals surface area contributed by atoms with Crippen LogP contribution in [0.1, 0.15) is 47.5 Å². The zero-order chi connectivity index (χ0) is 13.3. The van der Waals surface area contributed by atoms with E-state index in [1.165, 1.54) is 0 Å². The van der Waals surface area contributed by atoms with Gasteiger partial charge in [-0.25, -0.2) is 0 Å². The van der Waals surface area contributed by atoms with E-state index < -0.39 is 5.97 Å². The first-order chi connectivity index (χ1) is 7.72. The van der Waals surface area contributed by atoms with Gasteiger partial charge in [0.2, 0.25) is 0 Å². The smallest absolute Gasteiger partial charge is 0.320 e. The summed E-state index contributed by atoms with van der Waals surface area (Å²) in [5.41, 5.74) is -0.250. The minimum atomic E-state index is -0.699. The van der Waals surface area contributed by atoms with Crippen LogP contribution in [0.15, 0.2) is 0 Å². The second-order valence-electron chi connectivity index (χ2n) is 6.24. The Bertz CT molecular complexity index is 271. The summed E-state index contributed by atoms with van der Waals surface area (Å²) in [6, 6.07) is -0.382. The first-order valence-electron chi connectivity index (χ1n) is 6.45. The van der Waals surface area contributed by atoms with Crippen molar-refractivity contribution < 1.29 is 9.90 Å². The number of hydrogen-bond acceptors (Lipinski definition) is 3. The van der Waals surface area contributed by atoms with E-state index in [4.69, 9.17) is 0 Å². The van der Waals surface area contributed by atoms with Crippen LogP contribution in [0.4, 0.5) is 0 Å². The number of nitrogens with one attached hydrogen (secondary N) is 1. The van der Waals surface area contributed by atoms with E-state index in [1.807, 2.05) is 6.92 Å². The maximum atomic E-state index is 11.5. The maximum Gasteiger partial charge on any atom is 0.320 e. The fraction of sp³-hybridized carbons (Fsp3) is 0.923. The van der Waals surface area contributed by atoms with Crippen LogP contribution in [0.2, 0.25) is 0 Å². The zero-order valence-corrected chi connectivity index (χ0v) is 11.7. The van der Waals surface area contributed by atoms with E-state index in [9.17, 15) is 9.90 Å². The van der Waals surface area contributed by atoms with Gasteiger partial charge < -0.3 is 10.4 Å². The van der Waals surface area contributed by atoms with Gasteiger partial charge >= 0.3 is 5.97 Å². The largest absolute Gasteiger partial charge is 0.480 e. The molecule has 1 fully saturated rings. The van der Waals surface area contributed by atoms with Crippen molar-refractivity contribution in [2.45, 2.75) is 64.6 Å². The number of carbonyl (C=O) groups is 1. The molecule has 1 aliphatic rings. The molecule has 1 heterocycles. The predicted octanol–water partition coefficient (Wildman–Crippen LogP) is 1.70. The van der Waals surface area contributed by atoms with Crippen LogP contribution in [0.5, 0.6) is 0 Å². The van der Waals surface area contributed by atoms with Crippen molar-refractivity contribution in [3.8, 4) is 0 Å². The molecular formula is C13H26N2O2. The molecule has 0 radical (unpaired) electrons. The van der Waals surface area contributed by atoms with Crippen molar-refractivity contribution in [3.63, 3.8) is 0 Å². The highest BCUT2D eigenvalue weighted by atomic mass is 16.4. The fourth-order valence-corrected chi connectivity index (χ4v) is 3.14. The summed E-state index contributed by atoms with van der Waals surface area (Å²) >= 11 is 0. The lowest BCUT2D eigenvalue weighted by atomic mass is 9.85. The molecule has 17 heavy (non-hydrogen) atoms. The van der Waals surface area contributed by atoms with Crippen molar-refractivity contribution in [2.24, 2.45) is 0 Å². The molecule has 1 atom stereocenters. The Kier molecular flexibility index (Phi) is 4.20. The highest BCUT2D eigenvalue weighted by Crippen LogP contribution is 2.32. The number of carboxylic acids is 1. The van der Waals surface area contributed by atoms with Crippen molar-refractivity contribution in [3.05, 3.63) is 0 Å². The van der Waals surface area contributed by atoms with Gasteiger partial charge in [-0.1, -0.05) is 13.3 Å². The molecule has 1 saturated heterocycles. The summed E-state index contributed by atoms with van der Waals surface area (Å²) in [6.45, 7) is 12.2. The minimum absolute atomic E-state index is 0.125. The molecule has 0 saturated carbocycles. The van der Waals surface area contributed by atoms with Gasteiger partial charge in [-0.3, -0.25) is 9.69 Å². The zero-order valence-electron chi connectivity index (χ0n) is 11.7. The first-order valence-corrected chi connectivity index (χ1v) is 6.45. The quantitative estimate of drug-likeness (QED) is 0.788. The molecule has 2 N–H and O–H groups in total. The molecule has 0 aromatic rings. The summed E-state index contributed by atoms with van der Waals surface area (Å²) in [5.74, 6) is -0.699.